The van der Waals surface area contributed by atoms with Crippen molar-refractivity contribution >= 4 is 16.0 Å². The van der Waals surface area contributed by atoms with E-state index < -0.39 is 10.1 Å². The average molecular weight is 336 g/mol. The molecule has 1 aromatic heterocycles. The molecule has 0 fully saturated rings. The minimum Gasteiger partial charge on any atom is -0.379 e. The highest BCUT2D eigenvalue weighted by Gasteiger charge is 2.20. The summed E-state index contributed by atoms with van der Waals surface area (Å²) < 4.78 is 29.5. The molecular formula is C16H20N2O4S. The molecule has 2 N–H and O–H groups in total. The zero-order chi connectivity index (χ0) is 16.9. The molecule has 0 unspecified atom stereocenters. The fourth-order valence-electron chi connectivity index (χ4n) is 1.89. The van der Waals surface area contributed by atoms with Crippen molar-refractivity contribution in [2.75, 3.05) is 6.54 Å². The third-order valence-electron chi connectivity index (χ3n) is 3.23. The Morgan fingerprint density at radius 2 is 1.96 bits per heavy atom. The van der Waals surface area contributed by atoms with E-state index in [1.807, 2.05) is 13.8 Å². The summed E-state index contributed by atoms with van der Waals surface area (Å²) in [6.07, 6.45) is 3.08. The van der Waals surface area contributed by atoms with Gasteiger partial charge in [0.1, 0.15) is 16.3 Å². The normalized spacial score (nSPS) is 11.2. The van der Waals surface area contributed by atoms with Crippen molar-refractivity contribution in [1.82, 2.24) is 10.3 Å². The van der Waals surface area contributed by atoms with Gasteiger partial charge in [0.2, 0.25) is 0 Å². The number of hydrogen-bond acceptors (Lipinski definition) is 4. The summed E-state index contributed by atoms with van der Waals surface area (Å²) in [5.74, 6) is -0.110. The number of unbranched alkanes of at least 4 members (excludes halogenated alkanes) is 1. The lowest BCUT2D eigenvalue weighted by Gasteiger charge is -2.05. The maximum absolute atomic E-state index is 12.2. The van der Waals surface area contributed by atoms with Gasteiger partial charge in [-0.3, -0.25) is 4.79 Å². The minimum atomic E-state index is -3.98. The monoisotopic (exact) mass is 336 g/mol. The van der Waals surface area contributed by atoms with E-state index in [1.54, 1.807) is 24.3 Å². The Bertz CT molecular complexity index is 764. The number of aryl methyl sites for hydroxylation is 1. The molecule has 2 aromatic rings. The zero-order valence-corrected chi connectivity index (χ0v) is 13.9. The van der Waals surface area contributed by atoms with Gasteiger partial charge in [0.05, 0.1) is 0 Å². The number of benzene rings is 1. The number of nitrogens with one attached hydrogen (secondary N) is 2. The van der Waals surface area contributed by atoms with E-state index in [2.05, 4.69) is 10.3 Å². The number of carbonyl (C=O) groups is 1. The van der Waals surface area contributed by atoms with Crippen LogP contribution in [0.4, 0.5) is 0 Å². The summed E-state index contributed by atoms with van der Waals surface area (Å²) in [7, 11) is -3.98. The van der Waals surface area contributed by atoms with Crippen molar-refractivity contribution < 1.29 is 17.4 Å². The average Bonchev–Trinajstić information content (AvgIpc) is 3.00. The summed E-state index contributed by atoms with van der Waals surface area (Å²) >= 11 is 0. The fourth-order valence-corrected chi connectivity index (χ4v) is 2.82. The molecule has 1 amide bonds. The highest BCUT2D eigenvalue weighted by Crippen LogP contribution is 2.19. The molecule has 1 aromatic carbocycles. The van der Waals surface area contributed by atoms with Crippen LogP contribution in [-0.2, 0) is 10.1 Å². The standard InChI is InChI=1S/C16H20N2O4S/c1-3-4-9-17-16(19)15-10-14(11-18-15)23(20,21)22-13-7-5-12(2)6-8-13/h5-8,10-11,18H,3-4,9H2,1-2H3,(H,17,19). The lowest BCUT2D eigenvalue weighted by molar-refractivity contribution is 0.0948. The molecule has 0 aliphatic rings. The van der Waals surface area contributed by atoms with Crippen molar-refractivity contribution in [3.8, 4) is 5.75 Å². The van der Waals surface area contributed by atoms with E-state index in [1.165, 1.54) is 12.3 Å². The number of H-pyrrole nitrogens is 1. The molecule has 0 aliphatic carbocycles. The Morgan fingerprint density at radius 3 is 2.61 bits per heavy atom. The minimum absolute atomic E-state index is 0.0845. The summed E-state index contributed by atoms with van der Waals surface area (Å²) in [6, 6.07) is 7.95. The number of rotatable bonds is 7. The SMILES string of the molecule is CCCCNC(=O)c1cc(S(=O)(=O)Oc2ccc(C)cc2)c[nH]1. The molecule has 7 heteroatoms. The first kappa shape index (κ1) is 17.1. The van der Waals surface area contributed by atoms with Gasteiger partial charge in [-0.25, -0.2) is 0 Å². The molecule has 23 heavy (non-hydrogen) atoms. The van der Waals surface area contributed by atoms with Crippen LogP contribution in [-0.4, -0.2) is 25.9 Å². The van der Waals surface area contributed by atoms with Crippen molar-refractivity contribution in [3.63, 3.8) is 0 Å². The lowest BCUT2D eigenvalue weighted by atomic mass is 10.2. The Kier molecular flexibility index (Phi) is 5.44. The molecule has 0 saturated heterocycles. The number of aromatic nitrogens is 1. The largest absolute Gasteiger partial charge is 0.379 e. The number of hydrogen-bond donors (Lipinski definition) is 2. The van der Waals surface area contributed by atoms with Gasteiger partial charge >= 0.3 is 10.1 Å². The Morgan fingerprint density at radius 1 is 1.26 bits per heavy atom. The van der Waals surface area contributed by atoms with Gasteiger partial charge in [-0.1, -0.05) is 31.0 Å². The van der Waals surface area contributed by atoms with E-state index in [4.69, 9.17) is 4.18 Å². The number of carbonyl (C=O) groups excluding carboxylic acids is 1. The molecule has 0 bridgehead atoms. The van der Waals surface area contributed by atoms with Crippen LogP contribution >= 0.6 is 0 Å². The molecule has 1 heterocycles. The molecule has 0 radical (unpaired) electrons. The first-order valence-electron chi connectivity index (χ1n) is 7.40. The van der Waals surface area contributed by atoms with Crippen molar-refractivity contribution in [2.45, 2.75) is 31.6 Å². The van der Waals surface area contributed by atoms with Crippen LogP contribution in [0.25, 0.3) is 0 Å². The predicted octanol–water partition coefficient (Wildman–Crippen LogP) is 2.62. The smallest absolute Gasteiger partial charge is 0.340 e. The van der Waals surface area contributed by atoms with Crippen LogP contribution in [0.5, 0.6) is 5.75 Å². The van der Waals surface area contributed by atoms with Crippen LogP contribution in [0, 0.1) is 6.92 Å². The van der Waals surface area contributed by atoms with Gasteiger partial charge in [-0.05, 0) is 31.5 Å². The van der Waals surface area contributed by atoms with Crippen LogP contribution in [0.15, 0.2) is 41.4 Å². The predicted molar refractivity (Wildman–Crippen MR) is 87.0 cm³/mol. The molecule has 6 nitrogen and oxygen atoms in total. The Labute approximate surface area is 136 Å². The third-order valence-corrected chi connectivity index (χ3v) is 4.46. The van der Waals surface area contributed by atoms with Crippen LogP contribution in [0.3, 0.4) is 0 Å². The second-order valence-corrected chi connectivity index (χ2v) is 6.76. The Balaban J connectivity index is 2.08. The summed E-state index contributed by atoms with van der Waals surface area (Å²) in [6.45, 7) is 4.47. The summed E-state index contributed by atoms with van der Waals surface area (Å²) in [4.78, 5) is 14.5. The molecule has 0 aliphatic heterocycles. The lowest BCUT2D eigenvalue weighted by Crippen LogP contribution is -2.24. The second-order valence-electron chi connectivity index (χ2n) is 5.21. The highest BCUT2D eigenvalue weighted by molar-refractivity contribution is 7.87. The van der Waals surface area contributed by atoms with Gasteiger partial charge < -0.3 is 14.5 Å². The van der Waals surface area contributed by atoms with Gasteiger partial charge in [0.15, 0.2) is 0 Å². The first-order chi connectivity index (χ1) is 10.9. The maximum Gasteiger partial charge on any atom is 0.340 e. The van der Waals surface area contributed by atoms with E-state index >= 15 is 0 Å². The van der Waals surface area contributed by atoms with Crippen molar-refractivity contribution in [3.05, 3.63) is 47.8 Å². The molecular weight excluding hydrogens is 316 g/mol. The zero-order valence-electron chi connectivity index (χ0n) is 13.1. The number of amides is 1. The van der Waals surface area contributed by atoms with Crippen LogP contribution in [0.1, 0.15) is 35.8 Å². The topological polar surface area (TPSA) is 88.3 Å². The molecule has 0 saturated carbocycles. The molecule has 0 atom stereocenters. The second kappa shape index (κ2) is 7.32. The molecule has 2 rings (SSSR count). The summed E-state index contributed by atoms with van der Waals surface area (Å²) in [5, 5.41) is 2.71. The molecule has 0 spiro atoms. The van der Waals surface area contributed by atoms with Crippen molar-refractivity contribution in [2.24, 2.45) is 0 Å². The van der Waals surface area contributed by atoms with Gasteiger partial charge in [-0.15, -0.1) is 0 Å². The maximum atomic E-state index is 12.2. The van der Waals surface area contributed by atoms with E-state index in [9.17, 15) is 13.2 Å². The fraction of sp³-hybridized carbons (Fsp3) is 0.312. The quantitative estimate of drug-likeness (QED) is 0.601. The number of aromatic amines is 1. The van der Waals surface area contributed by atoms with Gasteiger partial charge in [0.25, 0.3) is 5.91 Å². The van der Waals surface area contributed by atoms with E-state index in [0.717, 1.165) is 18.4 Å². The van der Waals surface area contributed by atoms with E-state index in [0.29, 0.717) is 6.54 Å². The third kappa shape index (κ3) is 4.59. The summed E-state index contributed by atoms with van der Waals surface area (Å²) in [5.41, 5.74) is 1.19. The van der Waals surface area contributed by atoms with Crippen LogP contribution in [0.2, 0.25) is 0 Å². The van der Waals surface area contributed by atoms with Crippen LogP contribution < -0.4 is 9.50 Å². The van der Waals surface area contributed by atoms with E-state index in [-0.39, 0.29) is 22.2 Å². The first-order valence-corrected chi connectivity index (χ1v) is 8.81. The van der Waals surface area contributed by atoms with Crippen molar-refractivity contribution in [1.29, 1.82) is 0 Å². The Hall–Kier alpha value is -2.28. The highest BCUT2D eigenvalue weighted by atomic mass is 32.2. The van der Waals surface area contributed by atoms with Gasteiger partial charge in [0, 0.05) is 12.7 Å². The molecule has 124 valence electrons. The van der Waals surface area contributed by atoms with Gasteiger partial charge in [-0.2, -0.15) is 8.42 Å².